The highest BCUT2D eigenvalue weighted by Crippen LogP contribution is 2.21. The van der Waals surface area contributed by atoms with E-state index in [-0.39, 0.29) is 29.9 Å². The number of ether oxygens (including phenoxy) is 1. The molecule has 0 aliphatic carbocycles. The Bertz CT molecular complexity index is 744. The van der Waals surface area contributed by atoms with Crippen molar-refractivity contribution in [2.24, 2.45) is 0 Å². The first kappa shape index (κ1) is 15.5. The zero-order valence-corrected chi connectivity index (χ0v) is 13.0. The number of hydrogen-bond acceptors (Lipinski definition) is 6. The maximum absolute atomic E-state index is 12.6. The van der Waals surface area contributed by atoms with E-state index in [2.05, 4.69) is 0 Å². The Hall–Kier alpha value is -2.43. The van der Waals surface area contributed by atoms with Gasteiger partial charge in [-0.1, -0.05) is 0 Å². The zero-order chi connectivity index (χ0) is 16.2. The van der Waals surface area contributed by atoms with E-state index >= 15 is 0 Å². The molecule has 0 radical (unpaired) electrons. The molecule has 1 atom stereocenters. The number of ketones is 1. The number of amides is 1. The highest BCUT2D eigenvalue weighted by atomic mass is 32.1. The van der Waals surface area contributed by atoms with Crippen molar-refractivity contribution in [2.45, 2.75) is 12.5 Å². The van der Waals surface area contributed by atoms with E-state index in [1.807, 2.05) is 6.07 Å². The summed E-state index contributed by atoms with van der Waals surface area (Å²) in [5.41, 5.74) is 0.467. The molecule has 0 spiro atoms. The Kier molecular flexibility index (Phi) is 4.55. The molecule has 2 aromatic heterocycles. The Morgan fingerprint density at radius 2 is 2.35 bits per heavy atom. The van der Waals surface area contributed by atoms with Crippen molar-refractivity contribution < 1.29 is 18.7 Å². The number of rotatable bonds is 4. The predicted molar refractivity (Wildman–Crippen MR) is 82.3 cm³/mol. The first-order valence-corrected chi connectivity index (χ1v) is 8.01. The fourth-order valence-corrected chi connectivity index (χ4v) is 3.28. The van der Waals surface area contributed by atoms with Crippen LogP contribution in [0, 0.1) is 11.3 Å². The lowest BCUT2D eigenvalue weighted by Crippen LogP contribution is -2.49. The minimum Gasteiger partial charge on any atom is -0.461 e. The number of morpholine rings is 1. The monoisotopic (exact) mass is 330 g/mol. The summed E-state index contributed by atoms with van der Waals surface area (Å²) in [5, 5.41) is 10.5. The molecule has 118 valence electrons. The Morgan fingerprint density at radius 3 is 3.04 bits per heavy atom. The standard InChI is InChI=1S/C16H14N2O4S/c17-8-11-6-15(23-10-11)16(20)18-3-5-21-9-12(18)7-13(19)14-2-1-4-22-14/h1-2,4,6,10,12H,3,5,7,9H2/t12-/m0/s1. The van der Waals surface area contributed by atoms with Gasteiger partial charge in [-0.25, -0.2) is 0 Å². The summed E-state index contributed by atoms with van der Waals surface area (Å²) in [6, 6.07) is 6.52. The smallest absolute Gasteiger partial charge is 0.264 e. The number of nitriles is 1. The van der Waals surface area contributed by atoms with E-state index in [9.17, 15) is 9.59 Å². The number of nitrogens with zero attached hydrogens (tertiary/aromatic N) is 2. The lowest BCUT2D eigenvalue weighted by atomic mass is 10.1. The van der Waals surface area contributed by atoms with Crippen LogP contribution in [0.2, 0.25) is 0 Å². The molecular formula is C16H14N2O4S. The van der Waals surface area contributed by atoms with E-state index < -0.39 is 0 Å². The third kappa shape index (κ3) is 3.33. The number of furan rings is 1. The molecule has 0 saturated carbocycles. The van der Waals surface area contributed by atoms with Gasteiger partial charge in [0.25, 0.3) is 5.91 Å². The van der Waals surface area contributed by atoms with Gasteiger partial charge in [0, 0.05) is 18.3 Å². The fraction of sp³-hybridized carbons (Fsp3) is 0.312. The van der Waals surface area contributed by atoms with Gasteiger partial charge in [-0.3, -0.25) is 9.59 Å². The molecule has 7 heteroatoms. The van der Waals surface area contributed by atoms with E-state index in [0.29, 0.717) is 30.2 Å². The van der Waals surface area contributed by atoms with Gasteiger partial charge in [-0.2, -0.15) is 5.26 Å². The van der Waals surface area contributed by atoms with Gasteiger partial charge in [0.05, 0.1) is 36.0 Å². The average Bonchev–Trinajstić information content (AvgIpc) is 3.26. The first-order chi connectivity index (χ1) is 11.2. The minimum atomic E-state index is -0.332. The normalized spacial score (nSPS) is 17.7. The highest BCUT2D eigenvalue weighted by molar-refractivity contribution is 7.12. The molecule has 3 rings (SSSR count). The number of thiophene rings is 1. The highest BCUT2D eigenvalue weighted by Gasteiger charge is 2.31. The molecule has 6 nitrogen and oxygen atoms in total. The second-order valence-corrected chi connectivity index (χ2v) is 6.05. The van der Waals surface area contributed by atoms with Crippen molar-refractivity contribution in [2.75, 3.05) is 19.8 Å². The van der Waals surface area contributed by atoms with E-state index in [1.165, 1.54) is 17.6 Å². The third-order valence-corrected chi connectivity index (χ3v) is 4.56. The van der Waals surface area contributed by atoms with Crippen molar-refractivity contribution in [1.29, 1.82) is 5.26 Å². The number of carbonyl (C=O) groups excluding carboxylic acids is 2. The maximum Gasteiger partial charge on any atom is 0.264 e. The number of carbonyl (C=O) groups is 2. The molecule has 3 heterocycles. The van der Waals surface area contributed by atoms with E-state index in [0.717, 1.165) is 0 Å². The quantitative estimate of drug-likeness (QED) is 0.803. The lowest BCUT2D eigenvalue weighted by Gasteiger charge is -2.34. The molecule has 0 bridgehead atoms. The topological polar surface area (TPSA) is 83.5 Å². The van der Waals surface area contributed by atoms with Gasteiger partial charge in [0.2, 0.25) is 0 Å². The summed E-state index contributed by atoms with van der Waals surface area (Å²) in [6.07, 6.45) is 1.60. The SMILES string of the molecule is N#Cc1csc(C(=O)N2CCOC[C@@H]2CC(=O)c2ccco2)c1. The van der Waals surface area contributed by atoms with E-state index in [4.69, 9.17) is 14.4 Å². The zero-order valence-electron chi connectivity index (χ0n) is 12.2. The second kappa shape index (κ2) is 6.77. The molecule has 1 aliphatic heterocycles. The van der Waals surface area contributed by atoms with Crippen molar-refractivity contribution in [3.8, 4) is 6.07 Å². The van der Waals surface area contributed by atoms with Gasteiger partial charge >= 0.3 is 0 Å². The molecule has 0 unspecified atom stereocenters. The Labute approximate surface area is 136 Å². The van der Waals surface area contributed by atoms with Crippen molar-refractivity contribution in [3.63, 3.8) is 0 Å². The van der Waals surface area contributed by atoms with Crippen LogP contribution in [-0.2, 0) is 4.74 Å². The molecule has 1 fully saturated rings. The number of Topliss-reactive ketones (excluding diaryl/α,β-unsaturated/α-hetero) is 1. The van der Waals surface area contributed by atoms with Gasteiger partial charge < -0.3 is 14.1 Å². The van der Waals surface area contributed by atoms with Crippen molar-refractivity contribution in [1.82, 2.24) is 4.90 Å². The molecule has 2 aromatic rings. The summed E-state index contributed by atoms with van der Waals surface area (Å²) in [7, 11) is 0. The largest absolute Gasteiger partial charge is 0.461 e. The van der Waals surface area contributed by atoms with Crippen LogP contribution in [0.1, 0.15) is 32.2 Å². The van der Waals surface area contributed by atoms with Crippen LogP contribution in [0.3, 0.4) is 0 Å². The lowest BCUT2D eigenvalue weighted by molar-refractivity contribution is -0.00278. The summed E-state index contributed by atoms with van der Waals surface area (Å²) in [6.45, 7) is 1.18. The van der Waals surface area contributed by atoms with Gasteiger partial charge in [0.15, 0.2) is 11.5 Å². The van der Waals surface area contributed by atoms with Gasteiger partial charge in [-0.15, -0.1) is 11.3 Å². The molecule has 0 aromatic carbocycles. The van der Waals surface area contributed by atoms with Gasteiger partial charge in [0.1, 0.15) is 6.07 Å². The number of hydrogen-bond donors (Lipinski definition) is 0. The summed E-state index contributed by atoms with van der Waals surface area (Å²) in [5.74, 6) is -0.0462. The van der Waals surface area contributed by atoms with Crippen LogP contribution < -0.4 is 0 Å². The van der Waals surface area contributed by atoms with Crippen LogP contribution in [0.4, 0.5) is 0 Å². The van der Waals surface area contributed by atoms with Gasteiger partial charge in [-0.05, 0) is 18.2 Å². The summed E-state index contributed by atoms with van der Waals surface area (Å²) < 4.78 is 10.5. The molecule has 1 saturated heterocycles. The fourth-order valence-electron chi connectivity index (χ4n) is 2.49. The van der Waals surface area contributed by atoms with Crippen LogP contribution in [0.5, 0.6) is 0 Å². The first-order valence-electron chi connectivity index (χ1n) is 7.13. The molecule has 1 amide bonds. The van der Waals surface area contributed by atoms with Crippen LogP contribution in [0.25, 0.3) is 0 Å². The van der Waals surface area contributed by atoms with Crippen molar-refractivity contribution >= 4 is 23.0 Å². The predicted octanol–water partition coefficient (Wildman–Crippen LogP) is 2.33. The van der Waals surface area contributed by atoms with Crippen LogP contribution >= 0.6 is 11.3 Å². The van der Waals surface area contributed by atoms with Crippen LogP contribution in [0.15, 0.2) is 34.3 Å². The maximum atomic E-state index is 12.6. The third-order valence-electron chi connectivity index (χ3n) is 3.64. The summed E-state index contributed by atoms with van der Waals surface area (Å²) >= 11 is 1.24. The van der Waals surface area contributed by atoms with Crippen LogP contribution in [-0.4, -0.2) is 42.4 Å². The Morgan fingerprint density at radius 1 is 1.48 bits per heavy atom. The second-order valence-electron chi connectivity index (χ2n) is 5.14. The van der Waals surface area contributed by atoms with Crippen molar-refractivity contribution in [3.05, 3.63) is 46.0 Å². The molecule has 23 heavy (non-hydrogen) atoms. The molecule has 0 N–H and O–H groups in total. The molecule has 1 aliphatic rings. The minimum absolute atomic E-state index is 0.149. The summed E-state index contributed by atoms with van der Waals surface area (Å²) in [4.78, 5) is 27.0. The Balaban J connectivity index is 1.74. The average molecular weight is 330 g/mol. The van der Waals surface area contributed by atoms with E-state index in [1.54, 1.807) is 28.5 Å². The molecular weight excluding hydrogens is 316 g/mol.